The summed E-state index contributed by atoms with van der Waals surface area (Å²) in [5.74, 6) is 0. The van der Waals surface area contributed by atoms with E-state index < -0.39 is 26.0 Å². The van der Waals surface area contributed by atoms with Gasteiger partial charge in [-0.3, -0.25) is 0 Å². The first-order valence-corrected chi connectivity index (χ1v) is 10.0. The summed E-state index contributed by atoms with van der Waals surface area (Å²) in [4.78, 5) is -0.357. The van der Waals surface area contributed by atoms with Crippen LogP contribution in [0.5, 0.6) is 0 Å². The van der Waals surface area contributed by atoms with E-state index in [0.29, 0.717) is 12.8 Å². The molecule has 1 N–H and O–H groups in total. The Morgan fingerprint density at radius 2 is 1.95 bits per heavy atom. The lowest BCUT2D eigenvalue weighted by molar-refractivity contribution is 0.108. The van der Waals surface area contributed by atoms with Gasteiger partial charge in [-0.2, -0.15) is 4.31 Å². The number of benzene rings is 1. The third-order valence-corrected chi connectivity index (χ3v) is 6.76. The molecular formula is C12H16ClNO5S2. The van der Waals surface area contributed by atoms with E-state index in [0.717, 1.165) is 16.6 Å². The van der Waals surface area contributed by atoms with E-state index in [1.54, 1.807) is 0 Å². The highest BCUT2D eigenvalue weighted by Gasteiger charge is 2.31. The van der Waals surface area contributed by atoms with Crippen LogP contribution in [0.3, 0.4) is 0 Å². The molecule has 1 aliphatic heterocycles. The fourth-order valence-electron chi connectivity index (χ4n) is 2.19. The highest BCUT2D eigenvalue weighted by atomic mass is 35.5. The zero-order chi connectivity index (χ0) is 15.8. The summed E-state index contributed by atoms with van der Waals surface area (Å²) in [5.41, 5.74) is 0. The number of hydrogen-bond donors (Lipinski definition) is 1. The lowest BCUT2D eigenvalue weighted by Gasteiger charge is -2.29. The number of β-amino-alcohol motifs (C(OH)–C–C–N with tert-alkyl or cyclic N) is 1. The molecule has 1 aromatic carbocycles. The first-order valence-electron chi connectivity index (χ1n) is 6.30. The van der Waals surface area contributed by atoms with Gasteiger partial charge in [-0.1, -0.05) is 11.6 Å². The molecule has 21 heavy (non-hydrogen) atoms. The molecule has 0 spiro atoms. The van der Waals surface area contributed by atoms with Crippen molar-refractivity contribution < 1.29 is 21.9 Å². The first-order chi connectivity index (χ1) is 9.62. The first kappa shape index (κ1) is 16.7. The van der Waals surface area contributed by atoms with Gasteiger partial charge >= 0.3 is 0 Å². The van der Waals surface area contributed by atoms with Crippen LogP contribution in [0.15, 0.2) is 28.0 Å². The average molecular weight is 354 g/mol. The third kappa shape index (κ3) is 3.57. The molecule has 0 amide bonds. The van der Waals surface area contributed by atoms with Crippen LogP contribution in [0.25, 0.3) is 0 Å². The molecule has 6 nitrogen and oxygen atoms in total. The van der Waals surface area contributed by atoms with E-state index in [4.69, 9.17) is 11.6 Å². The second kappa shape index (κ2) is 5.85. The fraction of sp³-hybridized carbons (Fsp3) is 0.500. The second-order valence-corrected chi connectivity index (χ2v) is 9.35. The number of sulfonamides is 1. The van der Waals surface area contributed by atoms with Crippen LogP contribution < -0.4 is 0 Å². The number of aliphatic hydroxyl groups is 1. The van der Waals surface area contributed by atoms with Gasteiger partial charge in [0.15, 0.2) is 9.84 Å². The molecule has 1 fully saturated rings. The Labute approximate surface area is 129 Å². The summed E-state index contributed by atoms with van der Waals surface area (Å²) in [6.07, 6.45) is 1.37. The van der Waals surface area contributed by atoms with E-state index in [-0.39, 0.29) is 27.9 Å². The molecule has 0 bridgehead atoms. The number of halogens is 1. The van der Waals surface area contributed by atoms with Gasteiger partial charge < -0.3 is 5.11 Å². The van der Waals surface area contributed by atoms with Crippen molar-refractivity contribution in [2.75, 3.05) is 19.3 Å². The lowest BCUT2D eigenvalue weighted by Crippen LogP contribution is -2.42. The van der Waals surface area contributed by atoms with Gasteiger partial charge in [-0.25, -0.2) is 16.8 Å². The normalized spacial score (nSPS) is 21.4. The van der Waals surface area contributed by atoms with E-state index in [9.17, 15) is 21.9 Å². The standard InChI is InChI=1S/C12H16ClNO5S2/c1-20(16,17)10-4-5-11(13)12(7-10)21(18,19)14-6-2-3-9(15)8-14/h4-5,7,9,15H,2-3,6,8H2,1H3/t9-/m0/s1. The molecule has 0 aliphatic carbocycles. The summed E-state index contributed by atoms with van der Waals surface area (Å²) < 4.78 is 49.4. The van der Waals surface area contributed by atoms with Crippen molar-refractivity contribution in [1.82, 2.24) is 4.31 Å². The molecule has 1 aliphatic rings. The van der Waals surface area contributed by atoms with Crippen LogP contribution in [0, 0.1) is 0 Å². The molecule has 1 heterocycles. The van der Waals surface area contributed by atoms with E-state index in [2.05, 4.69) is 0 Å². The molecule has 9 heteroatoms. The summed E-state index contributed by atoms with van der Waals surface area (Å²) in [6, 6.07) is 3.58. The van der Waals surface area contributed by atoms with Crippen LogP contribution in [0.2, 0.25) is 5.02 Å². The predicted molar refractivity (Wildman–Crippen MR) is 78.6 cm³/mol. The minimum atomic E-state index is -3.93. The fourth-order valence-corrected chi connectivity index (χ4v) is 4.93. The Morgan fingerprint density at radius 1 is 1.29 bits per heavy atom. The number of rotatable bonds is 3. The van der Waals surface area contributed by atoms with E-state index in [1.807, 2.05) is 0 Å². The molecule has 0 radical (unpaired) electrons. The Balaban J connectivity index is 2.49. The molecule has 0 aromatic heterocycles. The maximum absolute atomic E-state index is 12.6. The Bertz CT molecular complexity index is 745. The van der Waals surface area contributed by atoms with Crippen molar-refractivity contribution in [3.8, 4) is 0 Å². The zero-order valence-electron chi connectivity index (χ0n) is 11.4. The molecule has 2 rings (SSSR count). The van der Waals surface area contributed by atoms with Gasteiger partial charge in [0.05, 0.1) is 16.0 Å². The van der Waals surface area contributed by atoms with Crippen molar-refractivity contribution in [2.24, 2.45) is 0 Å². The minimum absolute atomic E-state index is 0.0121. The van der Waals surface area contributed by atoms with Gasteiger partial charge in [0.25, 0.3) is 0 Å². The van der Waals surface area contributed by atoms with Crippen molar-refractivity contribution >= 4 is 31.5 Å². The van der Waals surface area contributed by atoms with Crippen LogP contribution in [0.4, 0.5) is 0 Å². The smallest absolute Gasteiger partial charge is 0.244 e. The topological polar surface area (TPSA) is 91.8 Å². The zero-order valence-corrected chi connectivity index (χ0v) is 13.7. The summed E-state index contributed by atoms with van der Waals surface area (Å²) in [7, 11) is -7.47. The summed E-state index contributed by atoms with van der Waals surface area (Å²) in [6.45, 7) is 0.264. The van der Waals surface area contributed by atoms with Crippen molar-refractivity contribution in [1.29, 1.82) is 0 Å². The van der Waals surface area contributed by atoms with Gasteiger partial charge in [0.2, 0.25) is 10.0 Å². The quantitative estimate of drug-likeness (QED) is 0.871. The monoisotopic (exact) mass is 353 g/mol. The lowest BCUT2D eigenvalue weighted by atomic mass is 10.1. The van der Waals surface area contributed by atoms with Crippen molar-refractivity contribution in [3.63, 3.8) is 0 Å². The van der Waals surface area contributed by atoms with E-state index in [1.165, 1.54) is 12.1 Å². The van der Waals surface area contributed by atoms with Crippen molar-refractivity contribution in [3.05, 3.63) is 23.2 Å². The maximum atomic E-state index is 12.6. The number of aliphatic hydroxyl groups excluding tert-OH is 1. The minimum Gasteiger partial charge on any atom is -0.392 e. The average Bonchev–Trinajstić information content (AvgIpc) is 2.37. The molecule has 1 aromatic rings. The van der Waals surface area contributed by atoms with Gasteiger partial charge in [0, 0.05) is 19.3 Å². The van der Waals surface area contributed by atoms with Crippen LogP contribution in [-0.4, -0.2) is 51.7 Å². The SMILES string of the molecule is CS(=O)(=O)c1ccc(Cl)c(S(=O)(=O)N2CCC[C@H](O)C2)c1. The summed E-state index contributed by atoms with van der Waals surface area (Å²) >= 11 is 5.92. The number of sulfone groups is 1. The van der Waals surface area contributed by atoms with Gasteiger partial charge in [0.1, 0.15) is 4.90 Å². The Kier molecular flexibility index (Phi) is 4.65. The van der Waals surface area contributed by atoms with E-state index >= 15 is 0 Å². The molecule has 118 valence electrons. The largest absolute Gasteiger partial charge is 0.392 e. The van der Waals surface area contributed by atoms with Crippen LogP contribution in [0.1, 0.15) is 12.8 Å². The van der Waals surface area contributed by atoms with Crippen molar-refractivity contribution in [2.45, 2.75) is 28.7 Å². The molecule has 1 atom stereocenters. The number of nitrogens with zero attached hydrogens (tertiary/aromatic N) is 1. The Hall–Kier alpha value is -0.670. The number of hydrogen-bond acceptors (Lipinski definition) is 5. The van der Waals surface area contributed by atoms with Crippen LogP contribution >= 0.6 is 11.6 Å². The highest BCUT2D eigenvalue weighted by Crippen LogP contribution is 2.29. The molecule has 0 unspecified atom stereocenters. The van der Waals surface area contributed by atoms with Gasteiger partial charge in [-0.15, -0.1) is 0 Å². The molecular weight excluding hydrogens is 338 g/mol. The maximum Gasteiger partial charge on any atom is 0.244 e. The second-order valence-electron chi connectivity index (χ2n) is 5.02. The van der Waals surface area contributed by atoms with Crippen LogP contribution in [-0.2, 0) is 19.9 Å². The number of piperidine rings is 1. The predicted octanol–water partition coefficient (Wildman–Crippen LogP) is 0.889. The molecule has 1 saturated heterocycles. The summed E-state index contributed by atoms with van der Waals surface area (Å²) in [5, 5.41) is 9.57. The molecule has 0 saturated carbocycles. The third-order valence-electron chi connectivity index (χ3n) is 3.31. The Morgan fingerprint density at radius 3 is 2.52 bits per heavy atom. The highest BCUT2D eigenvalue weighted by molar-refractivity contribution is 7.91. The van der Waals surface area contributed by atoms with Gasteiger partial charge in [-0.05, 0) is 31.0 Å².